The van der Waals surface area contributed by atoms with Gasteiger partial charge in [0.2, 0.25) is 5.91 Å². The molecule has 0 aromatic carbocycles. The van der Waals surface area contributed by atoms with Crippen LogP contribution in [-0.4, -0.2) is 34.9 Å². The van der Waals surface area contributed by atoms with Crippen LogP contribution in [0.4, 0.5) is 0 Å². The van der Waals surface area contributed by atoms with Crippen LogP contribution in [0.5, 0.6) is 0 Å². The van der Waals surface area contributed by atoms with E-state index in [0.717, 1.165) is 57.8 Å². The van der Waals surface area contributed by atoms with E-state index in [4.69, 9.17) is 0 Å². The van der Waals surface area contributed by atoms with Gasteiger partial charge < -0.3 is 15.5 Å². The molecule has 0 bridgehead atoms. The van der Waals surface area contributed by atoms with Crippen LogP contribution in [0.3, 0.4) is 0 Å². The molecule has 0 aromatic rings. The summed E-state index contributed by atoms with van der Waals surface area (Å²) in [5.74, 6) is -0.0735. The summed E-state index contributed by atoms with van der Waals surface area (Å²) in [5.41, 5.74) is 0. The second-order valence-corrected chi connectivity index (χ2v) is 17.2. The number of unbranched alkanes of at least 4 members (excludes halogenated alkanes) is 29. The van der Waals surface area contributed by atoms with Crippen LogP contribution in [-0.2, 0) is 4.79 Å². The summed E-state index contributed by atoms with van der Waals surface area (Å²) in [6.07, 6.45) is 71.9. The molecule has 342 valence electrons. The summed E-state index contributed by atoms with van der Waals surface area (Å²) in [5, 5.41) is 23.1. The smallest absolute Gasteiger partial charge is 0.220 e. The first-order chi connectivity index (χ1) is 29.2. The SMILES string of the molecule is CC/C=C\C/C=C\C/C=C\C/C=C\CCCCCCCCCCCCCCCCCCCCC(=O)NC(CO)C(O)/C=C/CC/C=C/CCCCCCCCCCCC. The number of aliphatic hydroxyl groups is 2. The minimum atomic E-state index is -0.863. The third kappa shape index (κ3) is 46.7. The molecule has 0 saturated carbocycles. The van der Waals surface area contributed by atoms with Gasteiger partial charge in [-0.1, -0.05) is 247 Å². The van der Waals surface area contributed by atoms with Gasteiger partial charge in [-0.2, -0.15) is 0 Å². The number of rotatable bonds is 46. The standard InChI is InChI=1S/C55H99NO3/c1-3-5-7-9-11-13-15-17-19-21-22-23-24-25-26-27-28-29-30-31-32-33-34-35-37-39-41-43-45-47-49-51-55(59)56-53(52-57)54(58)50-48-46-44-42-40-38-36-20-18-16-14-12-10-8-6-4-2/h5,7,11,13,17,19,22-23,40,42,48,50,53-54,57-58H,3-4,6,8-10,12,14-16,18,20-21,24-39,41,43-47,49,51-52H2,1-2H3,(H,56,59)/b7-5-,13-11-,19-17-,23-22-,42-40+,50-48+. The van der Waals surface area contributed by atoms with Crippen LogP contribution in [0.2, 0.25) is 0 Å². The average Bonchev–Trinajstić information content (AvgIpc) is 3.24. The zero-order valence-corrected chi connectivity index (χ0v) is 39.3. The maximum absolute atomic E-state index is 12.4. The minimum absolute atomic E-state index is 0.0735. The molecule has 0 radical (unpaired) electrons. The van der Waals surface area contributed by atoms with Gasteiger partial charge in [-0.25, -0.2) is 0 Å². The third-order valence-electron chi connectivity index (χ3n) is 11.4. The van der Waals surface area contributed by atoms with Crippen LogP contribution in [0.1, 0.15) is 251 Å². The Labute approximate surface area is 368 Å². The van der Waals surface area contributed by atoms with E-state index in [2.05, 4.69) is 79.9 Å². The molecule has 1 amide bonds. The van der Waals surface area contributed by atoms with E-state index in [1.54, 1.807) is 6.08 Å². The fourth-order valence-corrected chi connectivity index (χ4v) is 7.54. The number of hydrogen-bond donors (Lipinski definition) is 3. The van der Waals surface area contributed by atoms with Crippen molar-refractivity contribution >= 4 is 5.91 Å². The molecule has 0 aliphatic heterocycles. The first-order valence-electron chi connectivity index (χ1n) is 25.7. The molecular formula is C55H99NO3. The topological polar surface area (TPSA) is 69.6 Å². The second-order valence-electron chi connectivity index (χ2n) is 17.2. The van der Waals surface area contributed by atoms with Crippen LogP contribution >= 0.6 is 0 Å². The summed E-state index contributed by atoms with van der Waals surface area (Å²) >= 11 is 0. The predicted molar refractivity (Wildman–Crippen MR) is 262 cm³/mol. The Balaban J connectivity index is 3.51. The highest BCUT2D eigenvalue weighted by Crippen LogP contribution is 2.16. The lowest BCUT2D eigenvalue weighted by molar-refractivity contribution is -0.123. The van der Waals surface area contributed by atoms with Crippen molar-refractivity contribution < 1.29 is 15.0 Å². The van der Waals surface area contributed by atoms with E-state index in [1.165, 1.54) is 173 Å². The predicted octanol–water partition coefficient (Wildman–Crippen LogP) is 16.6. The number of carbonyl (C=O) groups is 1. The maximum atomic E-state index is 12.4. The molecule has 4 nitrogen and oxygen atoms in total. The van der Waals surface area contributed by atoms with E-state index in [0.29, 0.717) is 6.42 Å². The van der Waals surface area contributed by atoms with Gasteiger partial charge >= 0.3 is 0 Å². The van der Waals surface area contributed by atoms with Crippen LogP contribution in [0.15, 0.2) is 72.9 Å². The molecule has 0 rings (SSSR count). The van der Waals surface area contributed by atoms with Crippen molar-refractivity contribution in [1.82, 2.24) is 5.32 Å². The van der Waals surface area contributed by atoms with Crippen molar-refractivity contribution in [2.24, 2.45) is 0 Å². The lowest BCUT2D eigenvalue weighted by Gasteiger charge is -2.19. The summed E-state index contributed by atoms with van der Waals surface area (Å²) in [7, 11) is 0. The molecule has 4 heteroatoms. The molecule has 0 heterocycles. The molecule has 0 spiro atoms. The summed E-state index contributed by atoms with van der Waals surface area (Å²) in [4.78, 5) is 12.4. The van der Waals surface area contributed by atoms with Gasteiger partial charge in [0.05, 0.1) is 18.8 Å². The molecule has 0 aromatic heterocycles. The average molecular weight is 822 g/mol. The molecule has 59 heavy (non-hydrogen) atoms. The van der Waals surface area contributed by atoms with Crippen molar-refractivity contribution in [2.45, 2.75) is 264 Å². The van der Waals surface area contributed by atoms with E-state index in [9.17, 15) is 15.0 Å². The van der Waals surface area contributed by atoms with Gasteiger partial charge in [0, 0.05) is 6.42 Å². The number of nitrogens with one attached hydrogen (secondary N) is 1. The van der Waals surface area contributed by atoms with Gasteiger partial charge in [-0.15, -0.1) is 0 Å². The lowest BCUT2D eigenvalue weighted by atomic mass is 10.0. The monoisotopic (exact) mass is 822 g/mol. The molecular weight excluding hydrogens is 723 g/mol. The highest BCUT2D eigenvalue weighted by molar-refractivity contribution is 5.76. The first-order valence-corrected chi connectivity index (χ1v) is 25.7. The summed E-state index contributed by atoms with van der Waals surface area (Å²) in [6, 6.07) is -0.640. The maximum Gasteiger partial charge on any atom is 0.220 e. The number of hydrogen-bond acceptors (Lipinski definition) is 3. The second kappa shape index (κ2) is 50.2. The van der Waals surface area contributed by atoms with Gasteiger partial charge in [-0.3, -0.25) is 4.79 Å². The van der Waals surface area contributed by atoms with Gasteiger partial charge in [-0.05, 0) is 70.6 Å². The number of carbonyl (C=O) groups excluding carboxylic acids is 1. The highest BCUT2D eigenvalue weighted by atomic mass is 16.3. The van der Waals surface area contributed by atoms with Crippen molar-refractivity contribution in [3.63, 3.8) is 0 Å². The normalized spacial score (nSPS) is 13.5. The van der Waals surface area contributed by atoms with Gasteiger partial charge in [0.15, 0.2) is 0 Å². The molecule has 2 unspecified atom stereocenters. The van der Waals surface area contributed by atoms with Crippen molar-refractivity contribution in [3.8, 4) is 0 Å². The van der Waals surface area contributed by atoms with E-state index in [1.807, 2.05) is 6.08 Å². The van der Waals surface area contributed by atoms with E-state index in [-0.39, 0.29) is 12.5 Å². The fourth-order valence-electron chi connectivity index (χ4n) is 7.54. The molecule has 3 N–H and O–H groups in total. The van der Waals surface area contributed by atoms with Crippen LogP contribution in [0.25, 0.3) is 0 Å². The zero-order valence-electron chi connectivity index (χ0n) is 39.3. The summed E-state index contributed by atoms with van der Waals surface area (Å²) < 4.78 is 0. The molecule has 0 aliphatic rings. The molecule has 0 saturated heterocycles. The third-order valence-corrected chi connectivity index (χ3v) is 11.4. The first kappa shape index (κ1) is 56.8. The Morgan fingerprint density at radius 2 is 0.763 bits per heavy atom. The fraction of sp³-hybridized carbons (Fsp3) is 0.764. The summed E-state index contributed by atoms with van der Waals surface area (Å²) in [6.45, 7) is 4.19. The Morgan fingerprint density at radius 1 is 0.424 bits per heavy atom. The Morgan fingerprint density at radius 3 is 1.19 bits per heavy atom. The van der Waals surface area contributed by atoms with Crippen molar-refractivity contribution in [1.29, 1.82) is 0 Å². The highest BCUT2D eigenvalue weighted by Gasteiger charge is 2.17. The van der Waals surface area contributed by atoms with Crippen LogP contribution < -0.4 is 5.32 Å². The van der Waals surface area contributed by atoms with Gasteiger partial charge in [0.25, 0.3) is 0 Å². The zero-order chi connectivity index (χ0) is 42.8. The minimum Gasteiger partial charge on any atom is -0.394 e. The molecule has 0 aliphatic carbocycles. The van der Waals surface area contributed by atoms with E-state index >= 15 is 0 Å². The molecule has 0 fully saturated rings. The van der Waals surface area contributed by atoms with Gasteiger partial charge in [0.1, 0.15) is 0 Å². The molecule has 2 atom stereocenters. The Bertz CT molecular complexity index is 1020. The van der Waals surface area contributed by atoms with Crippen molar-refractivity contribution in [3.05, 3.63) is 72.9 Å². The largest absolute Gasteiger partial charge is 0.394 e. The quantitative estimate of drug-likeness (QED) is 0.0423. The lowest BCUT2D eigenvalue weighted by Crippen LogP contribution is -2.45. The number of amides is 1. The van der Waals surface area contributed by atoms with Crippen LogP contribution in [0, 0.1) is 0 Å². The number of allylic oxidation sites excluding steroid dienone is 11. The number of aliphatic hydroxyl groups excluding tert-OH is 2. The Hall–Kier alpha value is -2.17. The Kier molecular flexibility index (Phi) is 48.3. The van der Waals surface area contributed by atoms with E-state index < -0.39 is 12.1 Å². The van der Waals surface area contributed by atoms with Crippen molar-refractivity contribution in [2.75, 3.05) is 6.61 Å².